The Kier molecular flexibility index (Phi) is 5.25. The zero-order chi connectivity index (χ0) is 12.8. The van der Waals surface area contributed by atoms with Gasteiger partial charge in [0.25, 0.3) is 0 Å². The molecule has 1 fully saturated rings. The van der Waals surface area contributed by atoms with Crippen LogP contribution in [0.2, 0.25) is 0 Å². The molecular weight excluding hydrogens is 218 g/mol. The van der Waals surface area contributed by atoms with Crippen molar-refractivity contribution >= 4 is 0 Å². The van der Waals surface area contributed by atoms with E-state index in [2.05, 4.69) is 43.6 Å². The maximum atomic E-state index is 3.40. The minimum Gasteiger partial charge on any atom is -0.319 e. The second-order valence-electron chi connectivity index (χ2n) is 5.91. The lowest BCUT2D eigenvalue weighted by Gasteiger charge is -2.30. The molecular formula is C17H27N. The molecule has 2 rings (SSSR count). The van der Waals surface area contributed by atoms with Crippen molar-refractivity contribution in [3.8, 4) is 0 Å². The van der Waals surface area contributed by atoms with E-state index in [-0.39, 0.29) is 0 Å². The van der Waals surface area contributed by atoms with Gasteiger partial charge >= 0.3 is 0 Å². The second-order valence-corrected chi connectivity index (χ2v) is 5.91. The maximum absolute atomic E-state index is 3.40. The summed E-state index contributed by atoms with van der Waals surface area (Å²) >= 11 is 0. The minimum absolute atomic E-state index is 0.818. The molecule has 1 aliphatic rings. The third-order valence-corrected chi connectivity index (χ3v) is 4.40. The Bertz CT molecular complexity index is 335. The third kappa shape index (κ3) is 3.84. The molecule has 1 aromatic carbocycles. The van der Waals surface area contributed by atoms with Gasteiger partial charge in [0.2, 0.25) is 0 Å². The molecule has 1 heteroatoms. The third-order valence-electron chi connectivity index (χ3n) is 4.40. The second kappa shape index (κ2) is 6.94. The average Bonchev–Trinajstić information content (AvgIpc) is 2.42. The van der Waals surface area contributed by atoms with Gasteiger partial charge in [-0.15, -0.1) is 0 Å². The van der Waals surface area contributed by atoms with E-state index in [1.165, 1.54) is 56.2 Å². The molecule has 0 aliphatic heterocycles. The van der Waals surface area contributed by atoms with Crippen molar-refractivity contribution in [2.75, 3.05) is 13.6 Å². The lowest BCUT2D eigenvalue weighted by molar-refractivity contribution is 0.243. The molecule has 0 amide bonds. The van der Waals surface area contributed by atoms with Crippen LogP contribution in [0.25, 0.3) is 0 Å². The van der Waals surface area contributed by atoms with E-state index in [1.807, 2.05) is 0 Å². The van der Waals surface area contributed by atoms with Crippen molar-refractivity contribution in [3.63, 3.8) is 0 Å². The summed E-state index contributed by atoms with van der Waals surface area (Å²) in [4.78, 5) is 0. The van der Waals surface area contributed by atoms with Crippen LogP contribution in [0.4, 0.5) is 0 Å². The highest BCUT2D eigenvalue weighted by Crippen LogP contribution is 2.31. The number of aryl methyl sites for hydroxylation is 1. The summed E-state index contributed by atoms with van der Waals surface area (Å²) in [5, 5.41) is 3.40. The van der Waals surface area contributed by atoms with Gasteiger partial charge < -0.3 is 5.32 Å². The van der Waals surface area contributed by atoms with Gasteiger partial charge in [-0.3, -0.25) is 0 Å². The first kappa shape index (κ1) is 13.6. The largest absolute Gasteiger partial charge is 0.319 e. The number of rotatable bonds is 5. The zero-order valence-corrected chi connectivity index (χ0v) is 11.9. The molecule has 0 aromatic heterocycles. The van der Waals surface area contributed by atoms with Crippen LogP contribution < -0.4 is 5.32 Å². The Morgan fingerprint density at radius 2 is 1.78 bits per heavy atom. The van der Waals surface area contributed by atoms with Crippen molar-refractivity contribution < 1.29 is 0 Å². The van der Waals surface area contributed by atoms with Crippen LogP contribution in [0.15, 0.2) is 24.3 Å². The number of nitrogens with one attached hydrogen (secondary N) is 1. The molecule has 0 bridgehead atoms. The van der Waals surface area contributed by atoms with Crippen LogP contribution in [-0.4, -0.2) is 13.6 Å². The highest BCUT2D eigenvalue weighted by atomic mass is 14.8. The highest BCUT2D eigenvalue weighted by molar-refractivity contribution is 5.21. The fraction of sp³-hybridized carbons (Fsp3) is 0.647. The molecule has 1 aromatic rings. The van der Waals surface area contributed by atoms with Gasteiger partial charge in [0.15, 0.2) is 0 Å². The molecule has 1 unspecified atom stereocenters. The number of benzene rings is 1. The van der Waals surface area contributed by atoms with E-state index in [4.69, 9.17) is 0 Å². The zero-order valence-electron chi connectivity index (χ0n) is 11.9. The molecule has 18 heavy (non-hydrogen) atoms. The Balaban J connectivity index is 1.98. The summed E-state index contributed by atoms with van der Waals surface area (Å²) in [5.74, 6) is 1.76. The van der Waals surface area contributed by atoms with Gasteiger partial charge in [0.1, 0.15) is 0 Å². The Morgan fingerprint density at radius 1 is 1.11 bits per heavy atom. The molecule has 1 atom stereocenters. The summed E-state index contributed by atoms with van der Waals surface area (Å²) in [6.45, 7) is 3.33. The summed E-state index contributed by atoms with van der Waals surface area (Å²) in [7, 11) is 2.09. The lowest BCUT2D eigenvalue weighted by Crippen LogP contribution is -2.29. The standard InChI is InChI=1S/C17H27N/c1-14-8-10-15(11-9-14)12-17(13-18-2)16-6-4-3-5-7-16/h8-11,16-18H,3-7,12-13H2,1-2H3. The van der Waals surface area contributed by atoms with Gasteiger partial charge in [0.05, 0.1) is 0 Å². The highest BCUT2D eigenvalue weighted by Gasteiger charge is 2.23. The summed E-state index contributed by atoms with van der Waals surface area (Å²) in [6, 6.07) is 9.10. The SMILES string of the molecule is CNCC(Cc1ccc(C)cc1)C1CCCCC1. The first-order chi connectivity index (χ1) is 8.79. The average molecular weight is 245 g/mol. The van der Waals surface area contributed by atoms with Crippen LogP contribution >= 0.6 is 0 Å². The molecule has 1 N–H and O–H groups in total. The van der Waals surface area contributed by atoms with Crippen molar-refractivity contribution in [2.45, 2.75) is 45.4 Å². The van der Waals surface area contributed by atoms with Crippen LogP contribution in [-0.2, 0) is 6.42 Å². The summed E-state index contributed by atoms with van der Waals surface area (Å²) in [6.07, 6.45) is 8.47. The molecule has 100 valence electrons. The number of hydrogen-bond donors (Lipinski definition) is 1. The van der Waals surface area contributed by atoms with E-state index >= 15 is 0 Å². The smallest absolute Gasteiger partial charge is 0.00177 e. The normalized spacial score (nSPS) is 18.8. The molecule has 1 aliphatic carbocycles. The molecule has 1 saturated carbocycles. The van der Waals surface area contributed by atoms with Crippen LogP contribution in [0.1, 0.15) is 43.2 Å². The lowest BCUT2D eigenvalue weighted by atomic mass is 9.77. The van der Waals surface area contributed by atoms with Crippen LogP contribution in [0.5, 0.6) is 0 Å². The van der Waals surface area contributed by atoms with Crippen LogP contribution in [0, 0.1) is 18.8 Å². The van der Waals surface area contributed by atoms with Gasteiger partial charge in [-0.1, -0.05) is 61.9 Å². The molecule has 1 nitrogen and oxygen atoms in total. The molecule has 0 spiro atoms. The monoisotopic (exact) mass is 245 g/mol. The van der Waals surface area contributed by atoms with Gasteiger partial charge in [-0.05, 0) is 44.3 Å². The van der Waals surface area contributed by atoms with E-state index in [9.17, 15) is 0 Å². The van der Waals surface area contributed by atoms with Crippen molar-refractivity contribution in [3.05, 3.63) is 35.4 Å². The van der Waals surface area contributed by atoms with Gasteiger partial charge in [-0.2, -0.15) is 0 Å². The van der Waals surface area contributed by atoms with Crippen LogP contribution in [0.3, 0.4) is 0 Å². The van der Waals surface area contributed by atoms with E-state index in [0.717, 1.165) is 11.8 Å². The number of hydrogen-bond acceptors (Lipinski definition) is 1. The first-order valence-electron chi connectivity index (χ1n) is 7.49. The van der Waals surface area contributed by atoms with E-state index in [1.54, 1.807) is 0 Å². The quantitative estimate of drug-likeness (QED) is 0.828. The minimum atomic E-state index is 0.818. The maximum Gasteiger partial charge on any atom is -0.00177 e. The van der Waals surface area contributed by atoms with E-state index < -0.39 is 0 Å². The summed E-state index contributed by atoms with van der Waals surface area (Å²) < 4.78 is 0. The Labute approximate surface area is 112 Å². The first-order valence-corrected chi connectivity index (χ1v) is 7.49. The van der Waals surface area contributed by atoms with Crippen molar-refractivity contribution in [1.82, 2.24) is 5.32 Å². The van der Waals surface area contributed by atoms with Crippen molar-refractivity contribution in [1.29, 1.82) is 0 Å². The van der Waals surface area contributed by atoms with E-state index in [0.29, 0.717) is 0 Å². The Hall–Kier alpha value is -0.820. The van der Waals surface area contributed by atoms with Crippen molar-refractivity contribution in [2.24, 2.45) is 11.8 Å². The Morgan fingerprint density at radius 3 is 2.39 bits per heavy atom. The fourth-order valence-electron chi connectivity index (χ4n) is 3.30. The molecule has 0 saturated heterocycles. The van der Waals surface area contributed by atoms with Gasteiger partial charge in [0, 0.05) is 0 Å². The van der Waals surface area contributed by atoms with Gasteiger partial charge in [-0.25, -0.2) is 0 Å². The molecule has 0 radical (unpaired) electrons. The summed E-state index contributed by atoms with van der Waals surface area (Å²) in [5.41, 5.74) is 2.87. The fourth-order valence-corrected chi connectivity index (χ4v) is 3.30. The topological polar surface area (TPSA) is 12.0 Å². The molecule has 0 heterocycles. The predicted octanol–water partition coefficient (Wildman–Crippen LogP) is 3.95. The predicted molar refractivity (Wildman–Crippen MR) is 78.9 cm³/mol.